The first-order chi connectivity index (χ1) is 6.42. The number of phenolic OH excluding ortho intramolecular Hbond substituents is 1. The van der Waals surface area contributed by atoms with E-state index in [1.165, 1.54) is 0 Å². The molecule has 0 bridgehead atoms. The van der Waals surface area contributed by atoms with E-state index in [0.29, 0.717) is 0 Å². The largest absolute Gasteiger partial charge is 0.506 e. The number of rotatable bonds is 3. The van der Waals surface area contributed by atoms with Crippen LogP contribution in [-0.2, 0) is 16.4 Å². The SMILES string of the molecule is CCc1ccc(NS(C)(=O)=O)c(O)c1. The van der Waals surface area contributed by atoms with E-state index < -0.39 is 10.0 Å². The van der Waals surface area contributed by atoms with Crippen LogP contribution in [0, 0.1) is 0 Å². The minimum absolute atomic E-state index is 0.0465. The van der Waals surface area contributed by atoms with Gasteiger partial charge < -0.3 is 5.11 Å². The Bertz CT molecular complexity index is 426. The van der Waals surface area contributed by atoms with E-state index in [9.17, 15) is 13.5 Å². The Morgan fingerprint density at radius 1 is 1.43 bits per heavy atom. The van der Waals surface area contributed by atoms with Gasteiger partial charge in [-0.1, -0.05) is 13.0 Å². The number of anilines is 1. The van der Waals surface area contributed by atoms with Crippen LogP contribution < -0.4 is 4.72 Å². The molecule has 0 spiro atoms. The average molecular weight is 215 g/mol. The summed E-state index contributed by atoms with van der Waals surface area (Å²) in [6.45, 7) is 1.96. The van der Waals surface area contributed by atoms with Gasteiger partial charge in [0.2, 0.25) is 10.0 Å². The van der Waals surface area contributed by atoms with Gasteiger partial charge in [0.1, 0.15) is 5.75 Å². The molecule has 1 aromatic rings. The summed E-state index contributed by atoms with van der Waals surface area (Å²) in [6.07, 6.45) is 1.84. The number of hydrogen-bond donors (Lipinski definition) is 2. The fraction of sp³-hybridized carbons (Fsp3) is 0.333. The first kappa shape index (κ1) is 10.8. The topological polar surface area (TPSA) is 66.4 Å². The second-order valence-corrected chi connectivity index (χ2v) is 4.83. The van der Waals surface area contributed by atoms with Crippen LogP contribution in [0.4, 0.5) is 5.69 Å². The van der Waals surface area contributed by atoms with Crippen molar-refractivity contribution >= 4 is 15.7 Å². The van der Waals surface area contributed by atoms with Gasteiger partial charge in [-0.3, -0.25) is 4.72 Å². The molecule has 5 heteroatoms. The maximum Gasteiger partial charge on any atom is 0.229 e. The zero-order valence-corrected chi connectivity index (χ0v) is 8.93. The normalized spacial score (nSPS) is 11.3. The van der Waals surface area contributed by atoms with Crippen molar-refractivity contribution in [1.29, 1.82) is 0 Å². The van der Waals surface area contributed by atoms with Crippen LogP contribution in [0.1, 0.15) is 12.5 Å². The predicted octanol–water partition coefficient (Wildman–Crippen LogP) is 1.33. The molecular weight excluding hydrogens is 202 g/mol. The highest BCUT2D eigenvalue weighted by atomic mass is 32.2. The summed E-state index contributed by atoms with van der Waals surface area (Å²) in [5.74, 6) is -0.0465. The summed E-state index contributed by atoms with van der Waals surface area (Å²) >= 11 is 0. The molecule has 0 unspecified atom stereocenters. The maximum absolute atomic E-state index is 10.9. The number of benzene rings is 1. The maximum atomic E-state index is 10.9. The van der Waals surface area contributed by atoms with Crippen LogP contribution in [0.3, 0.4) is 0 Å². The van der Waals surface area contributed by atoms with E-state index in [4.69, 9.17) is 0 Å². The summed E-state index contributed by atoms with van der Waals surface area (Å²) in [5.41, 5.74) is 1.17. The number of nitrogens with one attached hydrogen (secondary N) is 1. The molecule has 0 saturated heterocycles. The second-order valence-electron chi connectivity index (χ2n) is 3.08. The lowest BCUT2D eigenvalue weighted by Crippen LogP contribution is -2.09. The van der Waals surface area contributed by atoms with Crippen molar-refractivity contribution < 1.29 is 13.5 Å². The molecule has 4 nitrogen and oxygen atoms in total. The lowest BCUT2D eigenvalue weighted by Gasteiger charge is -2.07. The van der Waals surface area contributed by atoms with Gasteiger partial charge in [0, 0.05) is 0 Å². The van der Waals surface area contributed by atoms with Gasteiger partial charge in [0.15, 0.2) is 0 Å². The summed E-state index contributed by atoms with van der Waals surface area (Å²) in [4.78, 5) is 0. The Labute approximate surface area is 83.6 Å². The Morgan fingerprint density at radius 3 is 2.50 bits per heavy atom. The van der Waals surface area contributed by atoms with Crippen molar-refractivity contribution in [1.82, 2.24) is 0 Å². The number of phenols is 1. The van der Waals surface area contributed by atoms with Gasteiger partial charge in [-0.25, -0.2) is 8.42 Å². The van der Waals surface area contributed by atoms with Gasteiger partial charge in [-0.05, 0) is 24.1 Å². The smallest absolute Gasteiger partial charge is 0.229 e. The van der Waals surface area contributed by atoms with Crippen LogP contribution in [0.25, 0.3) is 0 Å². The molecule has 0 amide bonds. The van der Waals surface area contributed by atoms with Gasteiger partial charge >= 0.3 is 0 Å². The van der Waals surface area contributed by atoms with Crippen LogP contribution in [0.15, 0.2) is 18.2 Å². The van der Waals surface area contributed by atoms with E-state index in [1.807, 2.05) is 6.92 Å². The predicted molar refractivity (Wildman–Crippen MR) is 56.0 cm³/mol. The fourth-order valence-electron chi connectivity index (χ4n) is 1.08. The lowest BCUT2D eigenvalue weighted by atomic mass is 10.1. The lowest BCUT2D eigenvalue weighted by molar-refractivity contribution is 0.477. The second kappa shape index (κ2) is 3.88. The van der Waals surface area contributed by atoms with Gasteiger partial charge in [-0.15, -0.1) is 0 Å². The molecule has 0 radical (unpaired) electrons. The molecule has 0 aliphatic heterocycles. The Balaban J connectivity index is 3.01. The zero-order valence-electron chi connectivity index (χ0n) is 8.11. The molecule has 0 aromatic heterocycles. The first-order valence-corrected chi connectivity index (χ1v) is 6.11. The molecule has 0 fully saturated rings. The van der Waals surface area contributed by atoms with Crippen molar-refractivity contribution in [3.63, 3.8) is 0 Å². The van der Waals surface area contributed by atoms with Gasteiger partial charge in [0.05, 0.1) is 11.9 Å². The minimum atomic E-state index is -3.33. The molecule has 2 N–H and O–H groups in total. The molecule has 0 aliphatic rings. The number of hydrogen-bond acceptors (Lipinski definition) is 3. The molecule has 1 aromatic carbocycles. The summed E-state index contributed by atoms with van der Waals surface area (Å²) in [7, 11) is -3.33. The summed E-state index contributed by atoms with van der Waals surface area (Å²) < 4.78 is 24.0. The van der Waals surface area contributed by atoms with Crippen LogP contribution in [0.5, 0.6) is 5.75 Å². The Kier molecular flexibility index (Phi) is 3.00. The monoisotopic (exact) mass is 215 g/mol. The van der Waals surface area contributed by atoms with Crippen LogP contribution in [0.2, 0.25) is 0 Å². The fourth-order valence-corrected chi connectivity index (χ4v) is 1.66. The highest BCUT2D eigenvalue weighted by Crippen LogP contribution is 2.25. The quantitative estimate of drug-likeness (QED) is 0.747. The highest BCUT2D eigenvalue weighted by molar-refractivity contribution is 7.92. The van der Waals surface area contributed by atoms with Crippen molar-refractivity contribution in [2.24, 2.45) is 0 Å². The van der Waals surface area contributed by atoms with Crippen molar-refractivity contribution in [3.8, 4) is 5.75 Å². The van der Waals surface area contributed by atoms with E-state index in [1.54, 1.807) is 18.2 Å². The van der Waals surface area contributed by atoms with E-state index in [-0.39, 0.29) is 11.4 Å². The van der Waals surface area contributed by atoms with Crippen LogP contribution in [-0.4, -0.2) is 19.8 Å². The van der Waals surface area contributed by atoms with Crippen LogP contribution >= 0.6 is 0 Å². The third-order valence-electron chi connectivity index (χ3n) is 1.77. The molecule has 0 atom stereocenters. The number of sulfonamides is 1. The average Bonchev–Trinajstić information content (AvgIpc) is 2.06. The summed E-state index contributed by atoms with van der Waals surface area (Å²) in [5, 5.41) is 9.46. The third-order valence-corrected chi connectivity index (χ3v) is 2.36. The summed E-state index contributed by atoms with van der Waals surface area (Å²) in [6, 6.07) is 4.87. The van der Waals surface area contributed by atoms with Crippen molar-refractivity contribution in [2.45, 2.75) is 13.3 Å². The third kappa shape index (κ3) is 2.92. The molecule has 78 valence electrons. The molecule has 0 aliphatic carbocycles. The van der Waals surface area contributed by atoms with E-state index in [2.05, 4.69) is 4.72 Å². The van der Waals surface area contributed by atoms with E-state index >= 15 is 0 Å². The Hall–Kier alpha value is -1.23. The van der Waals surface area contributed by atoms with Gasteiger partial charge in [0.25, 0.3) is 0 Å². The van der Waals surface area contributed by atoms with Gasteiger partial charge in [-0.2, -0.15) is 0 Å². The Morgan fingerprint density at radius 2 is 2.07 bits per heavy atom. The van der Waals surface area contributed by atoms with Crippen molar-refractivity contribution in [2.75, 3.05) is 11.0 Å². The number of aryl methyl sites for hydroxylation is 1. The molecule has 0 saturated carbocycles. The molecular formula is C9H13NO3S. The molecule has 0 heterocycles. The first-order valence-electron chi connectivity index (χ1n) is 4.22. The number of aromatic hydroxyl groups is 1. The zero-order chi connectivity index (χ0) is 10.8. The molecule has 14 heavy (non-hydrogen) atoms. The minimum Gasteiger partial charge on any atom is -0.506 e. The molecule has 1 rings (SSSR count). The standard InChI is InChI=1S/C9H13NO3S/c1-3-7-4-5-8(9(11)6-7)10-14(2,12)13/h4-6,10-11H,3H2,1-2H3. The highest BCUT2D eigenvalue weighted by Gasteiger charge is 2.06. The van der Waals surface area contributed by atoms with E-state index in [0.717, 1.165) is 18.2 Å². The van der Waals surface area contributed by atoms with Crippen molar-refractivity contribution in [3.05, 3.63) is 23.8 Å².